The Morgan fingerprint density at radius 2 is 1.74 bits per heavy atom. The highest BCUT2D eigenvalue weighted by molar-refractivity contribution is 5.84. The number of allylic oxidation sites excluding steroid dienone is 1. The average molecular weight is 469 g/mol. The molecule has 7 heteroatoms. The molecule has 2 heterocycles. The standard InChI is InChI=1S/C28H28N4O3/c33-27(34)18-22-15-17-32(20-23-10-4-5-13-25(22)23)28(35)29-16-7-12-24-11-6-14-26(31-24)30-19-21-8-2-1-3-9-21/h1-6,8-11,13-15,17,20H,7,12,16,18-19H2,(H,29,35)(H,30,31)(H,33,34). The van der Waals surface area contributed by atoms with Gasteiger partial charge in [0.15, 0.2) is 0 Å². The van der Waals surface area contributed by atoms with Crippen LogP contribution in [-0.4, -0.2) is 33.5 Å². The first-order valence-corrected chi connectivity index (χ1v) is 11.6. The van der Waals surface area contributed by atoms with Gasteiger partial charge in [-0.3, -0.25) is 9.69 Å². The molecule has 0 aliphatic carbocycles. The second-order valence-corrected chi connectivity index (χ2v) is 8.22. The van der Waals surface area contributed by atoms with E-state index in [-0.39, 0.29) is 12.5 Å². The van der Waals surface area contributed by atoms with Crippen LogP contribution in [-0.2, 0) is 17.8 Å². The van der Waals surface area contributed by atoms with Crippen molar-refractivity contribution in [3.05, 3.63) is 107 Å². The highest BCUT2D eigenvalue weighted by Gasteiger charge is 2.12. The number of aryl methyl sites for hydroxylation is 1. The van der Waals surface area contributed by atoms with Gasteiger partial charge in [0.2, 0.25) is 0 Å². The monoisotopic (exact) mass is 468 g/mol. The number of nitrogens with zero attached hydrogens (tertiary/aromatic N) is 2. The second kappa shape index (κ2) is 11.7. The SMILES string of the molecule is O=C(O)CC1=c2ccccc2=CN(C(=O)NCCCc2cccc(NCc3ccccc3)n2)C=C1. The van der Waals surface area contributed by atoms with Gasteiger partial charge in [-0.05, 0) is 52.6 Å². The van der Waals surface area contributed by atoms with E-state index in [0.717, 1.165) is 34.8 Å². The zero-order chi connectivity index (χ0) is 24.5. The van der Waals surface area contributed by atoms with Gasteiger partial charge in [-0.2, -0.15) is 0 Å². The summed E-state index contributed by atoms with van der Waals surface area (Å²) in [5.74, 6) is -0.0860. The second-order valence-electron chi connectivity index (χ2n) is 8.22. The maximum atomic E-state index is 12.8. The molecule has 4 rings (SSSR count). The quantitative estimate of drug-likeness (QED) is 0.419. The molecule has 7 nitrogen and oxygen atoms in total. The summed E-state index contributed by atoms with van der Waals surface area (Å²) in [6, 6.07) is 23.3. The molecule has 3 N–H and O–H groups in total. The molecule has 35 heavy (non-hydrogen) atoms. The Hall–Kier alpha value is -4.39. The molecular weight excluding hydrogens is 440 g/mol. The fraction of sp³-hybridized carbons (Fsp3) is 0.179. The Morgan fingerprint density at radius 1 is 0.943 bits per heavy atom. The molecule has 1 aromatic heterocycles. The molecular formula is C28H28N4O3. The average Bonchev–Trinajstić information content (AvgIpc) is 3.05. The molecule has 0 saturated carbocycles. The molecule has 3 aromatic rings. The first kappa shape index (κ1) is 23.8. The minimum Gasteiger partial charge on any atom is -0.481 e. The summed E-state index contributed by atoms with van der Waals surface area (Å²) < 4.78 is 0. The third kappa shape index (κ3) is 6.80. The molecule has 0 radical (unpaired) electrons. The van der Waals surface area contributed by atoms with Crippen molar-refractivity contribution < 1.29 is 14.7 Å². The summed E-state index contributed by atoms with van der Waals surface area (Å²) in [6.45, 7) is 1.20. The normalized spacial score (nSPS) is 12.3. The number of pyridine rings is 1. The van der Waals surface area contributed by atoms with Crippen molar-refractivity contribution >= 4 is 29.6 Å². The molecule has 1 aliphatic heterocycles. The van der Waals surface area contributed by atoms with Gasteiger partial charge in [0.1, 0.15) is 5.82 Å². The van der Waals surface area contributed by atoms with Crippen LogP contribution >= 0.6 is 0 Å². The van der Waals surface area contributed by atoms with Crippen molar-refractivity contribution in [2.24, 2.45) is 0 Å². The fourth-order valence-electron chi connectivity index (χ4n) is 3.86. The van der Waals surface area contributed by atoms with Gasteiger partial charge in [0.25, 0.3) is 0 Å². The number of carbonyl (C=O) groups is 2. The molecule has 0 fully saturated rings. The number of hydrogen-bond donors (Lipinski definition) is 3. The number of aliphatic carboxylic acids is 1. The summed E-state index contributed by atoms with van der Waals surface area (Å²) in [5.41, 5.74) is 2.81. The number of amides is 2. The molecule has 0 spiro atoms. The van der Waals surface area contributed by atoms with Gasteiger partial charge in [-0.15, -0.1) is 0 Å². The van der Waals surface area contributed by atoms with E-state index in [1.165, 1.54) is 10.5 Å². The summed E-state index contributed by atoms with van der Waals surface area (Å²) in [4.78, 5) is 30.1. The van der Waals surface area contributed by atoms with E-state index in [2.05, 4.69) is 27.8 Å². The van der Waals surface area contributed by atoms with Crippen molar-refractivity contribution in [1.29, 1.82) is 0 Å². The molecule has 0 bridgehead atoms. The summed E-state index contributed by atoms with van der Waals surface area (Å²) in [7, 11) is 0. The molecule has 2 aromatic carbocycles. The lowest BCUT2D eigenvalue weighted by Crippen LogP contribution is -2.36. The summed E-state index contributed by atoms with van der Waals surface area (Å²) >= 11 is 0. The molecule has 0 unspecified atom stereocenters. The number of carboxylic acids is 1. The minimum atomic E-state index is -0.912. The largest absolute Gasteiger partial charge is 0.481 e. The Balaban J connectivity index is 1.30. The number of benzene rings is 2. The third-order valence-corrected chi connectivity index (χ3v) is 5.61. The molecule has 0 saturated heterocycles. The Labute approximate surface area is 204 Å². The van der Waals surface area contributed by atoms with Crippen LogP contribution < -0.4 is 21.1 Å². The van der Waals surface area contributed by atoms with E-state index >= 15 is 0 Å². The van der Waals surface area contributed by atoms with Crippen molar-refractivity contribution in [1.82, 2.24) is 15.2 Å². The van der Waals surface area contributed by atoms with Crippen LogP contribution in [0.5, 0.6) is 0 Å². The number of carbonyl (C=O) groups excluding carboxylic acids is 1. The van der Waals surface area contributed by atoms with E-state index in [4.69, 9.17) is 0 Å². The third-order valence-electron chi connectivity index (χ3n) is 5.61. The number of aromatic nitrogens is 1. The smallest absolute Gasteiger partial charge is 0.325 e. The van der Waals surface area contributed by atoms with Crippen LogP contribution in [0, 0.1) is 0 Å². The number of nitrogens with one attached hydrogen (secondary N) is 2. The summed E-state index contributed by atoms with van der Waals surface area (Å²) in [6.07, 6.45) is 6.39. The van der Waals surface area contributed by atoms with Crippen molar-refractivity contribution in [2.75, 3.05) is 11.9 Å². The van der Waals surface area contributed by atoms with Gasteiger partial charge >= 0.3 is 12.0 Å². The van der Waals surface area contributed by atoms with Crippen molar-refractivity contribution in [2.45, 2.75) is 25.8 Å². The molecule has 1 aliphatic rings. The number of urea groups is 1. The first-order valence-electron chi connectivity index (χ1n) is 11.6. The van der Waals surface area contributed by atoms with Gasteiger partial charge in [0, 0.05) is 31.2 Å². The van der Waals surface area contributed by atoms with Crippen LogP contribution in [0.1, 0.15) is 24.1 Å². The first-order chi connectivity index (χ1) is 17.1. The topological polar surface area (TPSA) is 94.6 Å². The van der Waals surface area contributed by atoms with Crippen molar-refractivity contribution in [3.63, 3.8) is 0 Å². The fourth-order valence-corrected chi connectivity index (χ4v) is 3.86. The van der Waals surface area contributed by atoms with Gasteiger partial charge in [-0.1, -0.05) is 60.7 Å². The minimum absolute atomic E-state index is 0.108. The van der Waals surface area contributed by atoms with E-state index in [1.807, 2.05) is 60.7 Å². The van der Waals surface area contributed by atoms with Crippen LogP contribution in [0.4, 0.5) is 10.6 Å². The molecule has 0 atom stereocenters. The van der Waals surface area contributed by atoms with Gasteiger partial charge in [0.05, 0.1) is 6.42 Å². The maximum Gasteiger partial charge on any atom is 0.325 e. The highest BCUT2D eigenvalue weighted by Crippen LogP contribution is 2.10. The maximum absolute atomic E-state index is 12.8. The molecule has 2 amide bonds. The Morgan fingerprint density at radius 3 is 2.57 bits per heavy atom. The van der Waals surface area contributed by atoms with E-state index in [1.54, 1.807) is 18.5 Å². The number of carboxylic acid groups (broad SMARTS) is 1. The highest BCUT2D eigenvalue weighted by atomic mass is 16.4. The van der Waals surface area contributed by atoms with E-state index in [9.17, 15) is 14.7 Å². The Kier molecular flexibility index (Phi) is 7.91. The van der Waals surface area contributed by atoms with Gasteiger partial charge < -0.3 is 15.7 Å². The predicted octanol–water partition coefficient (Wildman–Crippen LogP) is 3.23. The van der Waals surface area contributed by atoms with E-state index in [0.29, 0.717) is 18.7 Å². The lowest BCUT2D eigenvalue weighted by molar-refractivity contribution is -0.135. The zero-order valence-electron chi connectivity index (χ0n) is 19.4. The lowest BCUT2D eigenvalue weighted by Gasteiger charge is -2.14. The van der Waals surface area contributed by atoms with E-state index < -0.39 is 5.97 Å². The number of fused-ring (bicyclic) bond motifs is 1. The number of hydrogen-bond acceptors (Lipinski definition) is 4. The Bertz CT molecular complexity index is 1340. The predicted molar refractivity (Wildman–Crippen MR) is 137 cm³/mol. The lowest BCUT2D eigenvalue weighted by atomic mass is 10.1. The number of anilines is 1. The van der Waals surface area contributed by atoms with Crippen LogP contribution in [0.15, 0.2) is 85.1 Å². The summed E-state index contributed by atoms with van der Waals surface area (Å²) in [5, 5.41) is 17.1. The van der Waals surface area contributed by atoms with Crippen LogP contribution in [0.2, 0.25) is 0 Å². The van der Waals surface area contributed by atoms with Crippen LogP contribution in [0.25, 0.3) is 11.8 Å². The molecule has 178 valence electrons. The van der Waals surface area contributed by atoms with Gasteiger partial charge in [-0.25, -0.2) is 9.78 Å². The zero-order valence-corrected chi connectivity index (χ0v) is 19.4. The van der Waals surface area contributed by atoms with Crippen molar-refractivity contribution in [3.8, 4) is 0 Å². The number of rotatable bonds is 9. The van der Waals surface area contributed by atoms with Crippen LogP contribution in [0.3, 0.4) is 0 Å².